The summed E-state index contributed by atoms with van der Waals surface area (Å²) in [6.07, 6.45) is 1.72. The van der Waals surface area contributed by atoms with E-state index in [0.717, 1.165) is 40.4 Å². The predicted molar refractivity (Wildman–Crippen MR) is 122 cm³/mol. The summed E-state index contributed by atoms with van der Waals surface area (Å²) >= 11 is 7.00. The highest BCUT2D eigenvalue weighted by Gasteiger charge is 2.39. The molecule has 1 aliphatic heterocycles. The molecule has 2 aromatic carbocycles. The van der Waals surface area contributed by atoms with E-state index >= 15 is 0 Å². The molecule has 1 aliphatic rings. The molecule has 1 unspecified atom stereocenters. The van der Waals surface area contributed by atoms with E-state index in [9.17, 15) is 13.6 Å². The lowest BCUT2D eigenvalue weighted by molar-refractivity contribution is -0.133. The first-order valence-corrected chi connectivity index (χ1v) is 11.6. The first-order chi connectivity index (χ1) is 14.1. The highest BCUT2D eigenvalue weighted by atomic mass is 79.9. The van der Waals surface area contributed by atoms with Gasteiger partial charge in [-0.15, -0.1) is 0 Å². The Kier molecular flexibility index (Phi) is 7.36. The zero-order valence-electron chi connectivity index (χ0n) is 17.4. The van der Waals surface area contributed by atoms with Crippen LogP contribution in [0.4, 0.5) is 8.78 Å². The summed E-state index contributed by atoms with van der Waals surface area (Å²) in [6, 6.07) is 9.89. The van der Waals surface area contributed by atoms with E-state index in [2.05, 4.69) is 36.8 Å². The Labute approximate surface area is 193 Å². The molecule has 1 atom stereocenters. The maximum absolute atomic E-state index is 14.0. The summed E-state index contributed by atoms with van der Waals surface area (Å²) in [5, 5.41) is 0. The summed E-state index contributed by atoms with van der Waals surface area (Å²) in [5.74, 6) is -1.73. The van der Waals surface area contributed by atoms with E-state index in [0.29, 0.717) is 5.56 Å². The van der Waals surface area contributed by atoms with Crippen LogP contribution >= 0.6 is 31.9 Å². The fourth-order valence-electron chi connectivity index (χ4n) is 4.11. The lowest BCUT2D eigenvalue weighted by Crippen LogP contribution is -2.44. The zero-order valence-corrected chi connectivity index (χ0v) is 20.6. The van der Waals surface area contributed by atoms with E-state index in [1.54, 1.807) is 18.0 Å². The van der Waals surface area contributed by atoms with Crippen LogP contribution in [0, 0.1) is 11.6 Å². The van der Waals surface area contributed by atoms with Crippen molar-refractivity contribution in [3.63, 3.8) is 0 Å². The van der Waals surface area contributed by atoms with Crippen molar-refractivity contribution in [2.75, 3.05) is 27.2 Å². The highest BCUT2D eigenvalue weighted by Crippen LogP contribution is 2.40. The molecule has 3 nitrogen and oxygen atoms in total. The van der Waals surface area contributed by atoms with Crippen molar-refractivity contribution in [1.82, 2.24) is 9.80 Å². The molecule has 0 N–H and O–H groups in total. The minimum Gasteiger partial charge on any atom is -0.339 e. The van der Waals surface area contributed by atoms with Crippen molar-refractivity contribution in [3.8, 4) is 0 Å². The summed E-state index contributed by atoms with van der Waals surface area (Å²) in [4.78, 5) is 17.3. The fraction of sp³-hybridized carbons (Fsp3) is 0.435. The average molecular weight is 544 g/mol. The molecule has 0 radical (unpaired) electrons. The molecular weight excluding hydrogens is 518 g/mol. The van der Waals surface area contributed by atoms with Crippen LogP contribution in [0.5, 0.6) is 0 Å². The molecule has 1 amide bonds. The van der Waals surface area contributed by atoms with Gasteiger partial charge in [0.05, 0.1) is 6.04 Å². The van der Waals surface area contributed by atoms with E-state index in [1.165, 1.54) is 12.1 Å². The van der Waals surface area contributed by atoms with Crippen LogP contribution in [0.3, 0.4) is 0 Å². The van der Waals surface area contributed by atoms with E-state index < -0.39 is 17.0 Å². The smallest absolute Gasteiger partial charge is 0.223 e. The van der Waals surface area contributed by atoms with Gasteiger partial charge in [0.25, 0.3) is 0 Å². The Morgan fingerprint density at radius 1 is 1.10 bits per heavy atom. The number of carbonyl (C=O) groups is 1. The Balaban J connectivity index is 1.86. The van der Waals surface area contributed by atoms with Crippen LogP contribution in [-0.4, -0.2) is 42.9 Å². The number of piperidine rings is 1. The molecule has 162 valence electrons. The fourth-order valence-corrected chi connectivity index (χ4v) is 5.44. The second kappa shape index (κ2) is 9.45. The first-order valence-electron chi connectivity index (χ1n) is 9.97. The molecule has 1 heterocycles. The monoisotopic (exact) mass is 542 g/mol. The molecule has 0 aliphatic carbocycles. The lowest BCUT2D eigenvalue weighted by atomic mass is 9.70. The summed E-state index contributed by atoms with van der Waals surface area (Å²) in [5.41, 5.74) is 1.22. The summed E-state index contributed by atoms with van der Waals surface area (Å²) < 4.78 is 29.4. The molecule has 0 saturated carbocycles. The van der Waals surface area contributed by atoms with Crippen molar-refractivity contribution in [3.05, 3.63) is 68.1 Å². The van der Waals surface area contributed by atoms with Gasteiger partial charge in [0.2, 0.25) is 5.91 Å². The number of amides is 1. The molecule has 7 heteroatoms. The minimum atomic E-state index is -0.862. The Morgan fingerprint density at radius 3 is 2.27 bits per heavy atom. The Bertz CT molecular complexity index is 909. The topological polar surface area (TPSA) is 23.6 Å². The van der Waals surface area contributed by atoms with Crippen molar-refractivity contribution in [2.24, 2.45) is 0 Å². The molecule has 3 rings (SSSR count). The lowest BCUT2D eigenvalue weighted by Gasteiger charge is -2.42. The number of halogens is 4. The number of hydrogen-bond acceptors (Lipinski definition) is 2. The largest absolute Gasteiger partial charge is 0.339 e. The molecule has 0 bridgehead atoms. The van der Waals surface area contributed by atoms with Crippen LogP contribution in [0.1, 0.15) is 43.4 Å². The van der Waals surface area contributed by atoms with Gasteiger partial charge in [-0.05, 0) is 81.4 Å². The van der Waals surface area contributed by atoms with Gasteiger partial charge in [-0.3, -0.25) is 4.79 Å². The third kappa shape index (κ3) is 5.11. The normalized spacial score (nSPS) is 17.6. The maximum Gasteiger partial charge on any atom is 0.223 e. The molecule has 30 heavy (non-hydrogen) atoms. The van der Waals surface area contributed by atoms with Crippen LogP contribution in [0.15, 0.2) is 45.3 Å². The standard InChI is InChI=1S/C23H26Br2F2N2O/c1-15(16-10-18(24)13-19(25)11-16)29(3)22(30)14-23(6-8-28(2)9-7-23)17-4-5-20(26)21(27)12-17/h4-5,10-13,15H,6-9,14H2,1-3H3. The highest BCUT2D eigenvalue weighted by molar-refractivity contribution is 9.11. The molecule has 1 saturated heterocycles. The van der Waals surface area contributed by atoms with Crippen molar-refractivity contribution in [1.29, 1.82) is 0 Å². The third-order valence-corrected chi connectivity index (χ3v) is 7.22. The van der Waals surface area contributed by atoms with Gasteiger partial charge in [0, 0.05) is 27.8 Å². The minimum absolute atomic E-state index is 0.00659. The number of rotatable bonds is 5. The van der Waals surface area contributed by atoms with Gasteiger partial charge >= 0.3 is 0 Å². The second-order valence-electron chi connectivity index (χ2n) is 8.27. The Hall–Kier alpha value is -1.31. The van der Waals surface area contributed by atoms with Gasteiger partial charge in [-0.1, -0.05) is 37.9 Å². The number of likely N-dealkylation sites (tertiary alicyclic amines) is 1. The van der Waals surface area contributed by atoms with E-state index in [-0.39, 0.29) is 18.4 Å². The van der Waals surface area contributed by atoms with Gasteiger partial charge in [0.1, 0.15) is 0 Å². The second-order valence-corrected chi connectivity index (χ2v) is 10.1. The van der Waals surface area contributed by atoms with E-state index in [1.807, 2.05) is 32.2 Å². The number of benzene rings is 2. The van der Waals surface area contributed by atoms with Crippen molar-refractivity contribution < 1.29 is 13.6 Å². The number of nitrogens with zero attached hydrogens (tertiary/aromatic N) is 2. The molecular formula is C23H26Br2F2N2O. The number of carbonyl (C=O) groups excluding carboxylic acids is 1. The van der Waals surface area contributed by atoms with Gasteiger partial charge in [0.15, 0.2) is 11.6 Å². The average Bonchev–Trinajstić information content (AvgIpc) is 2.70. The summed E-state index contributed by atoms with van der Waals surface area (Å²) in [7, 11) is 3.84. The van der Waals surface area contributed by atoms with Crippen molar-refractivity contribution >= 4 is 37.8 Å². The van der Waals surface area contributed by atoms with Crippen LogP contribution in [0.25, 0.3) is 0 Å². The SMILES string of the molecule is CC(c1cc(Br)cc(Br)c1)N(C)C(=O)CC1(c2ccc(F)c(F)c2)CCN(C)CC1. The molecule has 0 spiro atoms. The van der Waals surface area contributed by atoms with Gasteiger partial charge < -0.3 is 9.80 Å². The summed E-state index contributed by atoms with van der Waals surface area (Å²) in [6.45, 7) is 3.61. The van der Waals surface area contributed by atoms with Crippen LogP contribution in [0.2, 0.25) is 0 Å². The first kappa shape index (κ1) is 23.4. The molecule has 0 aromatic heterocycles. The van der Waals surface area contributed by atoms with Crippen molar-refractivity contribution in [2.45, 2.75) is 37.6 Å². The molecule has 2 aromatic rings. The van der Waals surface area contributed by atoms with E-state index in [4.69, 9.17) is 0 Å². The molecule has 1 fully saturated rings. The van der Waals surface area contributed by atoms with Gasteiger partial charge in [-0.2, -0.15) is 0 Å². The number of hydrogen-bond donors (Lipinski definition) is 0. The van der Waals surface area contributed by atoms with Gasteiger partial charge in [-0.25, -0.2) is 8.78 Å². The quantitative estimate of drug-likeness (QED) is 0.457. The Morgan fingerprint density at radius 2 is 1.70 bits per heavy atom. The maximum atomic E-state index is 14.0. The van der Waals surface area contributed by atoms with Crippen LogP contribution in [-0.2, 0) is 10.2 Å². The predicted octanol–water partition coefficient (Wildman–Crippen LogP) is 6.06. The third-order valence-electron chi connectivity index (χ3n) is 6.31. The van der Waals surface area contributed by atoms with Crippen LogP contribution < -0.4 is 0 Å². The zero-order chi connectivity index (χ0) is 22.1.